The molecule has 14 heteroatoms. The summed E-state index contributed by atoms with van der Waals surface area (Å²) in [6.45, 7) is 9.98. The summed E-state index contributed by atoms with van der Waals surface area (Å²) < 4.78 is 19.8. The van der Waals surface area contributed by atoms with Gasteiger partial charge in [0.2, 0.25) is 11.8 Å². The number of nitrogens with zero attached hydrogens (tertiary/aromatic N) is 4. The van der Waals surface area contributed by atoms with Gasteiger partial charge in [-0.05, 0) is 26.7 Å². The van der Waals surface area contributed by atoms with E-state index in [4.69, 9.17) is 38.6 Å². The van der Waals surface area contributed by atoms with E-state index in [-0.39, 0.29) is 49.8 Å². The second-order valence-electron chi connectivity index (χ2n) is 10.1. The first-order valence-corrected chi connectivity index (χ1v) is 14.9. The Morgan fingerprint density at radius 3 is 1.05 bits per heavy atom. The van der Waals surface area contributed by atoms with Gasteiger partial charge in [-0.2, -0.15) is 0 Å². The van der Waals surface area contributed by atoms with Gasteiger partial charge in [0.1, 0.15) is 36.4 Å². The normalized spacial score (nSPS) is 10.9. The number of thiocarbonyl (C=S) groups is 2. The minimum Gasteiger partial charge on any atom is -0.381 e. The number of hydrogen-bond acceptors (Lipinski definition) is 10. The molecule has 0 bridgehead atoms. The molecule has 12 nitrogen and oxygen atoms in total. The van der Waals surface area contributed by atoms with Gasteiger partial charge in [-0.3, -0.25) is 19.2 Å². The molecule has 0 aliphatic carbocycles. The molecular weight excluding hydrogens is 596 g/mol. The molecule has 43 heavy (non-hydrogen) atoms. The highest BCUT2D eigenvalue weighted by Crippen LogP contribution is 1.98. The minimum atomic E-state index is -0.147. The van der Waals surface area contributed by atoms with Gasteiger partial charge < -0.3 is 38.5 Å². The molecule has 0 atom stereocenters. The van der Waals surface area contributed by atoms with Crippen molar-refractivity contribution in [3.63, 3.8) is 0 Å². The Hall–Kier alpha value is -2.10. The Kier molecular flexibility index (Phi) is 36.5. The number of ketones is 2. The molecule has 0 spiro atoms. The predicted octanol–water partition coefficient (Wildman–Crippen LogP) is 2.35. The predicted molar refractivity (Wildman–Crippen MR) is 180 cm³/mol. The number of carbonyl (C=O) groups is 4. The van der Waals surface area contributed by atoms with E-state index >= 15 is 0 Å². The molecule has 0 saturated carbocycles. The third kappa shape index (κ3) is 42.1. The van der Waals surface area contributed by atoms with Gasteiger partial charge in [-0.1, -0.05) is 44.7 Å². The number of likely N-dealkylation sites (N-methyl/N-ethyl adjacent to an activating group) is 4. The third-order valence-electron chi connectivity index (χ3n) is 4.34. The van der Waals surface area contributed by atoms with Gasteiger partial charge in [-0.15, -0.1) is 0 Å². The largest absolute Gasteiger partial charge is 0.381 e. The average Bonchev–Trinajstić information content (AvgIpc) is 3.49. The molecule has 1 heterocycles. The summed E-state index contributed by atoms with van der Waals surface area (Å²) in [6, 6.07) is 0. The molecule has 0 N–H and O–H groups in total. The van der Waals surface area contributed by atoms with Gasteiger partial charge in [-0.25, -0.2) is 0 Å². The maximum absolute atomic E-state index is 11.0. The number of rotatable bonds is 12. The lowest BCUT2D eigenvalue weighted by molar-refractivity contribution is -0.139. The van der Waals surface area contributed by atoms with E-state index in [9.17, 15) is 19.2 Å². The summed E-state index contributed by atoms with van der Waals surface area (Å²) in [7, 11) is 14.1. The monoisotopic (exact) mass is 654 g/mol. The van der Waals surface area contributed by atoms with E-state index in [0.717, 1.165) is 23.2 Å². The Labute approximate surface area is 271 Å². The van der Waals surface area contributed by atoms with E-state index in [0.29, 0.717) is 13.2 Å². The first kappa shape index (κ1) is 47.8. The first-order chi connectivity index (χ1) is 19.9. The van der Waals surface area contributed by atoms with Crippen LogP contribution >= 0.6 is 24.4 Å². The number of carbonyl (C=O) groups excluding carboxylic acids is 4. The van der Waals surface area contributed by atoms with Gasteiger partial charge >= 0.3 is 0 Å². The van der Waals surface area contributed by atoms with Crippen molar-refractivity contribution in [1.29, 1.82) is 0 Å². The summed E-state index contributed by atoms with van der Waals surface area (Å²) >= 11 is 10.1. The number of Topliss-reactive ketones (excluding diaryl/α,β-unsaturated/α-hetero) is 2. The van der Waals surface area contributed by atoms with Crippen molar-refractivity contribution < 1.29 is 38.1 Å². The van der Waals surface area contributed by atoms with Crippen LogP contribution in [-0.2, 0) is 38.1 Å². The van der Waals surface area contributed by atoms with Crippen LogP contribution in [0.15, 0.2) is 0 Å². The number of amides is 2. The summed E-state index contributed by atoms with van der Waals surface area (Å²) in [5.74, 6) is -0.411. The quantitative estimate of drug-likeness (QED) is 0.288. The SMILES string of the molecule is C1CCOC1.CC(=O)COCC(C)=O.CCC.CN(C)C(=O)COCC(=O)N(C)C.CN(C)C(=S)COCC(=S)N(C)C. The van der Waals surface area contributed by atoms with E-state index in [2.05, 4.69) is 18.6 Å². The fourth-order valence-corrected chi connectivity index (χ4v) is 1.98. The highest BCUT2D eigenvalue weighted by atomic mass is 32.1. The van der Waals surface area contributed by atoms with Crippen molar-refractivity contribution in [1.82, 2.24) is 19.6 Å². The zero-order valence-electron chi connectivity index (χ0n) is 28.6. The molecule has 1 rings (SSSR count). The van der Waals surface area contributed by atoms with Gasteiger partial charge in [0, 0.05) is 69.6 Å². The van der Waals surface area contributed by atoms with Gasteiger partial charge in [0.25, 0.3) is 0 Å². The summed E-state index contributed by atoms with van der Waals surface area (Å²) in [6.07, 6.45) is 3.81. The van der Waals surface area contributed by atoms with E-state index in [1.165, 1.54) is 42.9 Å². The maximum Gasteiger partial charge on any atom is 0.248 e. The van der Waals surface area contributed by atoms with Crippen LogP contribution in [0.1, 0.15) is 47.0 Å². The molecule has 1 saturated heterocycles. The van der Waals surface area contributed by atoms with E-state index < -0.39 is 0 Å². The summed E-state index contributed by atoms with van der Waals surface area (Å²) in [5, 5.41) is 0. The topological polar surface area (TPSA) is 118 Å². The van der Waals surface area contributed by atoms with Crippen LogP contribution in [-0.4, -0.2) is 162 Å². The molecule has 1 aliphatic rings. The fourth-order valence-electron chi connectivity index (χ4n) is 1.82. The molecule has 254 valence electrons. The van der Waals surface area contributed by atoms with Crippen LogP contribution in [0.2, 0.25) is 0 Å². The van der Waals surface area contributed by atoms with Crippen LogP contribution in [0.5, 0.6) is 0 Å². The third-order valence-corrected chi connectivity index (χ3v) is 5.30. The molecule has 0 radical (unpaired) electrons. The second-order valence-corrected chi connectivity index (χ2v) is 11.0. The summed E-state index contributed by atoms with van der Waals surface area (Å²) in [5.41, 5.74) is 0. The van der Waals surface area contributed by atoms with Crippen LogP contribution in [0.3, 0.4) is 0 Å². The van der Waals surface area contributed by atoms with E-state index in [1.807, 2.05) is 38.0 Å². The molecule has 1 fully saturated rings. The average molecular weight is 655 g/mol. The number of ether oxygens (including phenoxy) is 4. The van der Waals surface area contributed by atoms with E-state index in [1.54, 1.807) is 28.2 Å². The lowest BCUT2D eigenvalue weighted by atomic mass is 10.4. The highest BCUT2D eigenvalue weighted by Gasteiger charge is 2.07. The van der Waals surface area contributed by atoms with Crippen molar-refractivity contribution in [3.05, 3.63) is 0 Å². The van der Waals surface area contributed by atoms with Crippen LogP contribution in [0, 0.1) is 0 Å². The van der Waals surface area contributed by atoms with Crippen LogP contribution in [0.4, 0.5) is 0 Å². The molecule has 1 aliphatic heterocycles. The van der Waals surface area contributed by atoms with Gasteiger partial charge in [0.15, 0.2) is 11.6 Å². The molecule has 0 aromatic rings. The van der Waals surface area contributed by atoms with Crippen molar-refractivity contribution in [2.24, 2.45) is 0 Å². The van der Waals surface area contributed by atoms with Crippen LogP contribution < -0.4 is 0 Å². The molecule has 0 aromatic heterocycles. The van der Waals surface area contributed by atoms with Gasteiger partial charge in [0.05, 0.1) is 13.2 Å². The lowest BCUT2D eigenvalue weighted by Gasteiger charge is -2.16. The zero-order valence-corrected chi connectivity index (χ0v) is 30.3. The lowest BCUT2D eigenvalue weighted by Crippen LogP contribution is -2.30. The standard InChI is InChI=1S/C8H16N2O3.C8H16N2OS2.C6H10O3.C4H8O.C3H8/c1-9(2)7(11)5-13-6-8(12)10(3)4;1-9(2)7(12)5-11-6-8(13)10(3)4;1-5(7)3-9-4-6(2)8;1-2-4-5-3-1;1-3-2/h2*5-6H2,1-4H3;3-4H2,1-2H3;1-4H2;3H2,1-2H3. The maximum atomic E-state index is 11.0. The van der Waals surface area contributed by atoms with Crippen LogP contribution in [0.25, 0.3) is 0 Å². The molecular formula is C29H58N4O8S2. The first-order valence-electron chi connectivity index (χ1n) is 14.0. The highest BCUT2D eigenvalue weighted by molar-refractivity contribution is 7.80. The van der Waals surface area contributed by atoms with Crippen molar-refractivity contribution in [3.8, 4) is 0 Å². The second kappa shape index (κ2) is 32.8. The molecule has 2 amide bonds. The Balaban J connectivity index is -0.000000237. The molecule has 0 aromatic carbocycles. The van der Waals surface area contributed by atoms with Crippen molar-refractivity contribution >= 4 is 57.8 Å². The Bertz CT molecular complexity index is 672. The zero-order chi connectivity index (χ0) is 34.4. The summed E-state index contributed by atoms with van der Waals surface area (Å²) in [4.78, 5) is 50.4. The number of hydrogen-bond donors (Lipinski definition) is 0. The smallest absolute Gasteiger partial charge is 0.248 e. The minimum absolute atomic E-state index is 0.0412. The Morgan fingerprint density at radius 1 is 0.558 bits per heavy atom. The fraction of sp³-hybridized carbons (Fsp3) is 0.793. The Morgan fingerprint density at radius 2 is 0.837 bits per heavy atom. The van der Waals surface area contributed by atoms with Crippen molar-refractivity contribution in [2.45, 2.75) is 47.0 Å². The van der Waals surface area contributed by atoms with Crippen molar-refractivity contribution in [2.75, 3.05) is 109 Å². The molecule has 0 unspecified atom stereocenters.